The summed E-state index contributed by atoms with van der Waals surface area (Å²) in [7, 11) is 0. The third-order valence-corrected chi connectivity index (χ3v) is 4.23. The highest BCUT2D eigenvalue weighted by molar-refractivity contribution is 5.98. The van der Waals surface area contributed by atoms with Crippen molar-refractivity contribution in [1.29, 1.82) is 0 Å². The average Bonchev–Trinajstić information content (AvgIpc) is 2.48. The molecule has 2 N–H and O–H groups in total. The average molecular weight is 257 g/mol. The van der Waals surface area contributed by atoms with Gasteiger partial charge in [-0.25, -0.2) is 0 Å². The van der Waals surface area contributed by atoms with E-state index < -0.39 is 0 Å². The minimum Gasteiger partial charge on any atom is -0.344 e. The maximum Gasteiger partial charge on any atom is 0.101 e. The maximum absolute atomic E-state index is 4.76. The van der Waals surface area contributed by atoms with E-state index in [0.29, 0.717) is 0 Å². The van der Waals surface area contributed by atoms with E-state index in [1.54, 1.807) is 0 Å². The number of para-hydroxylation sites is 1. The summed E-state index contributed by atoms with van der Waals surface area (Å²) in [6.45, 7) is 3.36. The highest BCUT2D eigenvalue weighted by Crippen LogP contribution is 2.22. The Morgan fingerprint density at radius 1 is 1.11 bits per heavy atom. The van der Waals surface area contributed by atoms with E-state index in [9.17, 15) is 0 Å². The minimum absolute atomic E-state index is 0.876. The number of benzene rings is 1. The van der Waals surface area contributed by atoms with Gasteiger partial charge in [0, 0.05) is 18.7 Å². The van der Waals surface area contributed by atoms with E-state index in [1.807, 2.05) is 0 Å². The smallest absolute Gasteiger partial charge is 0.101 e. The second kappa shape index (κ2) is 6.20. The fourth-order valence-corrected chi connectivity index (χ4v) is 3.00. The Morgan fingerprint density at radius 3 is 2.84 bits per heavy atom. The zero-order valence-corrected chi connectivity index (χ0v) is 11.5. The molecule has 0 saturated carbocycles. The van der Waals surface area contributed by atoms with Crippen molar-refractivity contribution in [2.45, 2.75) is 32.1 Å². The molecule has 0 atom stereocenters. The van der Waals surface area contributed by atoms with Crippen LogP contribution in [-0.4, -0.2) is 25.5 Å². The van der Waals surface area contributed by atoms with Crippen LogP contribution >= 0.6 is 0 Å². The molecule has 0 aliphatic carbocycles. The summed E-state index contributed by atoms with van der Waals surface area (Å²) < 4.78 is 0. The lowest BCUT2D eigenvalue weighted by Gasteiger charge is -2.22. The number of hydrogen-bond donors (Lipinski definition) is 2. The molecule has 0 spiro atoms. The predicted molar refractivity (Wildman–Crippen MR) is 80.9 cm³/mol. The quantitative estimate of drug-likeness (QED) is 0.873. The standard InChI is InChI=1S/C16H23N3/c1-2-4-15-14(3-1)5-6-16(19-15)18-12-9-13-7-10-17-11-8-13/h1-4,13,17H,5-12H2,(H,18,19). The Hall–Kier alpha value is -1.35. The summed E-state index contributed by atoms with van der Waals surface area (Å²) in [6, 6.07) is 8.55. The van der Waals surface area contributed by atoms with Gasteiger partial charge in [-0.1, -0.05) is 18.2 Å². The summed E-state index contributed by atoms with van der Waals surface area (Å²) in [5.41, 5.74) is 2.66. The molecule has 3 nitrogen and oxygen atoms in total. The fraction of sp³-hybridized carbons (Fsp3) is 0.562. The van der Waals surface area contributed by atoms with Gasteiger partial charge in [0.05, 0.1) is 0 Å². The molecule has 1 fully saturated rings. The van der Waals surface area contributed by atoms with Gasteiger partial charge in [-0.3, -0.25) is 4.99 Å². The number of nitrogens with zero attached hydrogens (tertiary/aromatic N) is 1. The van der Waals surface area contributed by atoms with Gasteiger partial charge >= 0.3 is 0 Å². The Bertz CT molecular complexity index is 447. The monoisotopic (exact) mass is 257 g/mol. The lowest BCUT2D eigenvalue weighted by atomic mass is 9.95. The van der Waals surface area contributed by atoms with Crippen molar-refractivity contribution < 1.29 is 0 Å². The Morgan fingerprint density at radius 2 is 1.95 bits per heavy atom. The Balaban J connectivity index is 1.51. The lowest BCUT2D eigenvalue weighted by Crippen LogP contribution is -2.28. The van der Waals surface area contributed by atoms with Gasteiger partial charge in [-0.15, -0.1) is 0 Å². The van der Waals surface area contributed by atoms with Crippen molar-refractivity contribution in [3.05, 3.63) is 29.8 Å². The van der Waals surface area contributed by atoms with E-state index in [1.165, 1.54) is 49.4 Å². The van der Waals surface area contributed by atoms with Gasteiger partial charge in [0.15, 0.2) is 0 Å². The summed E-state index contributed by atoms with van der Waals surface area (Å²) >= 11 is 0. The number of rotatable bonds is 3. The third-order valence-electron chi connectivity index (χ3n) is 4.23. The Labute approximate surface area is 115 Å². The molecular formula is C16H23N3. The van der Waals surface area contributed by atoms with Crippen molar-refractivity contribution in [2.75, 3.05) is 25.0 Å². The number of anilines is 1. The van der Waals surface area contributed by atoms with Crippen LogP contribution in [0, 0.1) is 5.92 Å². The van der Waals surface area contributed by atoms with Crippen molar-refractivity contribution in [3.63, 3.8) is 0 Å². The maximum atomic E-state index is 4.76. The van der Waals surface area contributed by atoms with Crippen LogP contribution in [0.4, 0.5) is 5.69 Å². The van der Waals surface area contributed by atoms with Gasteiger partial charge in [0.1, 0.15) is 5.84 Å². The van der Waals surface area contributed by atoms with E-state index in [-0.39, 0.29) is 0 Å². The SMILES string of the molecule is c1ccc2c(c1)CCC(=NCCC1CCNCC1)N2. The van der Waals surface area contributed by atoms with Gasteiger partial charge in [0.2, 0.25) is 0 Å². The van der Waals surface area contributed by atoms with Crippen LogP contribution in [-0.2, 0) is 6.42 Å². The van der Waals surface area contributed by atoms with Crippen molar-refractivity contribution in [3.8, 4) is 0 Å². The molecule has 3 heteroatoms. The number of aryl methyl sites for hydroxylation is 1. The summed E-state index contributed by atoms with van der Waals surface area (Å²) in [4.78, 5) is 4.76. The molecule has 1 aromatic rings. The topological polar surface area (TPSA) is 36.4 Å². The van der Waals surface area contributed by atoms with E-state index >= 15 is 0 Å². The molecule has 0 bridgehead atoms. The summed E-state index contributed by atoms with van der Waals surface area (Å²) in [5.74, 6) is 2.05. The van der Waals surface area contributed by atoms with Crippen molar-refractivity contribution in [2.24, 2.45) is 10.9 Å². The first-order chi connectivity index (χ1) is 9.42. The lowest BCUT2D eigenvalue weighted by molar-refractivity contribution is 0.358. The fourth-order valence-electron chi connectivity index (χ4n) is 3.00. The molecule has 19 heavy (non-hydrogen) atoms. The van der Waals surface area contributed by atoms with Gasteiger partial charge in [0.25, 0.3) is 0 Å². The van der Waals surface area contributed by atoms with Crippen LogP contribution in [0.2, 0.25) is 0 Å². The van der Waals surface area contributed by atoms with Crippen LogP contribution in [0.1, 0.15) is 31.2 Å². The zero-order valence-electron chi connectivity index (χ0n) is 11.5. The number of fused-ring (bicyclic) bond motifs is 1. The molecule has 0 amide bonds. The van der Waals surface area contributed by atoms with Gasteiger partial charge in [-0.05, 0) is 56.3 Å². The molecule has 1 saturated heterocycles. The molecule has 0 radical (unpaired) electrons. The second-order valence-electron chi connectivity index (χ2n) is 5.59. The number of piperidine rings is 1. The largest absolute Gasteiger partial charge is 0.344 e. The highest BCUT2D eigenvalue weighted by Gasteiger charge is 2.14. The highest BCUT2D eigenvalue weighted by atomic mass is 15.0. The molecule has 102 valence electrons. The number of aliphatic imine (C=N–C) groups is 1. The molecule has 2 aliphatic rings. The number of amidine groups is 1. The number of nitrogens with one attached hydrogen (secondary N) is 2. The normalized spacial score (nSPS) is 22.0. The van der Waals surface area contributed by atoms with Crippen molar-refractivity contribution >= 4 is 11.5 Å². The minimum atomic E-state index is 0.876. The van der Waals surface area contributed by atoms with Crippen LogP contribution in [0.15, 0.2) is 29.3 Å². The van der Waals surface area contributed by atoms with Crippen LogP contribution in [0.5, 0.6) is 0 Å². The summed E-state index contributed by atoms with van der Waals surface area (Å²) in [6.07, 6.45) is 6.06. The van der Waals surface area contributed by atoms with Crippen LogP contribution < -0.4 is 10.6 Å². The van der Waals surface area contributed by atoms with E-state index in [0.717, 1.165) is 25.3 Å². The molecule has 3 rings (SSSR count). The molecule has 0 aromatic heterocycles. The summed E-state index contributed by atoms with van der Waals surface area (Å²) in [5, 5.41) is 6.89. The second-order valence-corrected chi connectivity index (χ2v) is 5.59. The van der Waals surface area contributed by atoms with Crippen molar-refractivity contribution in [1.82, 2.24) is 5.32 Å². The van der Waals surface area contributed by atoms with Gasteiger partial charge < -0.3 is 10.6 Å². The third kappa shape index (κ3) is 3.35. The molecule has 1 aromatic carbocycles. The molecule has 2 heterocycles. The van der Waals surface area contributed by atoms with E-state index in [2.05, 4.69) is 34.9 Å². The zero-order chi connectivity index (χ0) is 12.9. The van der Waals surface area contributed by atoms with Crippen LogP contribution in [0.25, 0.3) is 0 Å². The first kappa shape index (κ1) is 12.7. The Kier molecular flexibility index (Phi) is 4.13. The van der Waals surface area contributed by atoms with Crippen LogP contribution in [0.3, 0.4) is 0 Å². The first-order valence-electron chi connectivity index (χ1n) is 7.51. The van der Waals surface area contributed by atoms with E-state index in [4.69, 9.17) is 4.99 Å². The molecule has 2 aliphatic heterocycles. The first-order valence-corrected chi connectivity index (χ1v) is 7.51. The number of hydrogen-bond acceptors (Lipinski definition) is 2. The molecule has 0 unspecified atom stereocenters. The van der Waals surface area contributed by atoms with Gasteiger partial charge in [-0.2, -0.15) is 0 Å². The molecular weight excluding hydrogens is 234 g/mol. The predicted octanol–water partition coefficient (Wildman–Crippen LogP) is 2.83.